The van der Waals surface area contributed by atoms with Crippen molar-refractivity contribution in [2.45, 2.75) is 70.6 Å². The fraction of sp³-hybridized carbons (Fsp3) is 0.778. The standard InChI is InChI=1S/C18H32N6.HI/c1-12-17(13(2)24(5)22-12)11-20-18(19-3)21-14-9-15-7-6-8-16(10-14)23(15)4;/h14-16H,6-11H2,1-5H3,(H2,19,20,21);1H. The van der Waals surface area contributed by atoms with Crippen LogP contribution in [0.5, 0.6) is 0 Å². The van der Waals surface area contributed by atoms with Crippen molar-refractivity contribution in [2.24, 2.45) is 12.0 Å². The molecule has 2 aliphatic rings. The molecule has 2 saturated heterocycles. The molecule has 1 aromatic heterocycles. The van der Waals surface area contributed by atoms with Crippen LogP contribution in [0, 0.1) is 13.8 Å². The first-order chi connectivity index (χ1) is 11.5. The van der Waals surface area contributed by atoms with Crippen molar-refractivity contribution in [1.29, 1.82) is 0 Å². The Kier molecular flexibility index (Phi) is 7.13. The van der Waals surface area contributed by atoms with Gasteiger partial charge in [0.2, 0.25) is 0 Å². The summed E-state index contributed by atoms with van der Waals surface area (Å²) in [6, 6.07) is 1.99. The Morgan fingerprint density at radius 1 is 1.20 bits per heavy atom. The number of hydrogen-bond donors (Lipinski definition) is 2. The summed E-state index contributed by atoms with van der Waals surface area (Å²) in [6.45, 7) is 4.95. The molecule has 6 nitrogen and oxygen atoms in total. The van der Waals surface area contributed by atoms with E-state index in [2.05, 4.69) is 46.5 Å². The highest BCUT2D eigenvalue weighted by Gasteiger charge is 2.36. The molecule has 142 valence electrons. The predicted octanol–water partition coefficient (Wildman–Crippen LogP) is 2.34. The van der Waals surface area contributed by atoms with Crippen LogP contribution in [0.15, 0.2) is 4.99 Å². The highest BCUT2D eigenvalue weighted by Crippen LogP contribution is 2.32. The number of fused-ring (bicyclic) bond motifs is 2. The molecule has 2 aliphatic heterocycles. The Labute approximate surface area is 168 Å². The fourth-order valence-electron chi connectivity index (χ4n) is 4.37. The maximum absolute atomic E-state index is 4.49. The number of hydrogen-bond acceptors (Lipinski definition) is 3. The van der Waals surface area contributed by atoms with Gasteiger partial charge in [-0.3, -0.25) is 9.67 Å². The molecule has 0 aromatic carbocycles. The second-order valence-electron chi connectivity index (χ2n) is 7.42. The summed E-state index contributed by atoms with van der Waals surface area (Å²) < 4.78 is 1.95. The molecule has 0 amide bonds. The van der Waals surface area contributed by atoms with E-state index in [4.69, 9.17) is 0 Å². The zero-order valence-corrected chi connectivity index (χ0v) is 18.5. The molecule has 0 radical (unpaired) electrons. The van der Waals surface area contributed by atoms with E-state index in [0.717, 1.165) is 30.3 Å². The second-order valence-corrected chi connectivity index (χ2v) is 7.42. The van der Waals surface area contributed by atoms with Gasteiger partial charge in [0, 0.05) is 50.0 Å². The van der Waals surface area contributed by atoms with Crippen molar-refractivity contribution in [3.05, 3.63) is 17.0 Å². The third-order valence-electron chi connectivity index (χ3n) is 6.00. The number of piperidine rings is 2. The highest BCUT2D eigenvalue weighted by atomic mass is 127. The van der Waals surface area contributed by atoms with Crippen LogP contribution >= 0.6 is 24.0 Å². The number of aryl methyl sites for hydroxylation is 2. The third kappa shape index (κ3) is 4.48. The number of rotatable bonds is 3. The van der Waals surface area contributed by atoms with E-state index >= 15 is 0 Å². The van der Waals surface area contributed by atoms with Gasteiger partial charge in [-0.15, -0.1) is 24.0 Å². The number of aliphatic imine (C=N–C) groups is 1. The summed E-state index contributed by atoms with van der Waals surface area (Å²) >= 11 is 0. The Morgan fingerprint density at radius 2 is 1.84 bits per heavy atom. The van der Waals surface area contributed by atoms with Crippen LogP contribution in [0.4, 0.5) is 0 Å². The zero-order chi connectivity index (χ0) is 17.3. The number of aromatic nitrogens is 2. The molecular weight excluding hydrogens is 427 g/mol. The maximum atomic E-state index is 4.49. The summed E-state index contributed by atoms with van der Waals surface area (Å²) in [5, 5.41) is 11.6. The Hall–Kier alpha value is -0.830. The van der Waals surface area contributed by atoms with Crippen molar-refractivity contribution < 1.29 is 0 Å². The van der Waals surface area contributed by atoms with Crippen molar-refractivity contribution >= 4 is 29.9 Å². The van der Waals surface area contributed by atoms with Gasteiger partial charge in [0.1, 0.15) is 0 Å². The molecule has 2 N–H and O–H groups in total. The molecule has 2 unspecified atom stereocenters. The van der Waals surface area contributed by atoms with Crippen LogP contribution in [0.2, 0.25) is 0 Å². The van der Waals surface area contributed by atoms with Crippen molar-refractivity contribution in [1.82, 2.24) is 25.3 Å². The molecular formula is C18H33IN6. The van der Waals surface area contributed by atoms with Crippen LogP contribution in [-0.4, -0.2) is 52.9 Å². The maximum Gasteiger partial charge on any atom is 0.191 e. The quantitative estimate of drug-likeness (QED) is 0.413. The first-order valence-corrected chi connectivity index (χ1v) is 9.17. The molecule has 0 spiro atoms. The largest absolute Gasteiger partial charge is 0.354 e. The Morgan fingerprint density at radius 3 is 2.36 bits per heavy atom. The van der Waals surface area contributed by atoms with E-state index < -0.39 is 0 Å². The fourth-order valence-corrected chi connectivity index (χ4v) is 4.37. The average Bonchev–Trinajstić information content (AvgIpc) is 2.77. The smallest absolute Gasteiger partial charge is 0.191 e. The van der Waals surface area contributed by atoms with Gasteiger partial charge in [0.25, 0.3) is 0 Å². The van der Waals surface area contributed by atoms with Crippen molar-refractivity contribution in [3.63, 3.8) is 0 Å². The topological polar surface area (TPSA) is 57.5 Å². The van der Waals surface area contributed by atoms with Crippen molar-refractivity contribution in [3.8, 4) is 0 Å². The SMILES string of the molecule is CN=C(NCc1c(C)nn(C)c1C)NC1CC2CCCC(C1)N2C.I. The minimum absolute atomic E-state index is 0. The van der Waals surface area contributed by atoms with Crippen LogP contribution in [0.3, 0.4) is 0 Å². The van der Waals surface area contributed by atoms with Gasteiger partial charge in [-0.1, -0.05) is 6.42 Å². The van der Waals surface area contributed by atoms with Gasteiger partial charge >= 0.3 is 0 Å². The van der Waals surface area contributed by atoms with Crippen molar-refractivity contribution in [2.75, 3.05) is 14.1 Å². The van der Waals surface area contributed by atoms with Gasteiger partial charge in [-0.05, 0) is 46.6 Å². The van der Waals surface area contributed by atoms with Crippen LogP contribution in [0.1, 0.15) is 49.1 Å². The second kappa shape index (κ2) is 8.70. The first kappa shape index (κ1) is 20.5. The number of nitrogens with one attached hydrogen (secondary N) is 2. The molecule has 0 saturated carbocycles. The highest BCUT2D eigenvalue weighted by molar-refractivity contribution is 14.0. The third-order valence-corrected chi connectivity index (χ3v) is 6.00. The lowest BCUT2D eigenvalue weighted by Gasteiger charge is -2.47. The summed E-state index contributed by atoms with van der Waals surface area (Å²) in [6.07, 6.45) is 6.51. The van der Waals surface area contributed by atoms with Crippen LogP contribution in [-0.2, 0) is 13.6 Å². The number of nitrogens with zero attached hydrogens (tertiary/aromatic N) is 4. The molecule has 3 rings (SSSR count). The molecule has 2 fully saturated rings. The molecule has 25 heavy (non-hydrogen) atoms. The van der Waals surface area contributed by atoms with Gasteiger partial charge < -0.3 is 15.5 Å². The molecule has 2 bridgehead atoms. The lowest BCUT2D eigenvalue weighted by molar-refractivity contribution is 0.0526. The van der Waals surface area contributed by atoms with E-state index in [-0.39, 0.29) is 24.0 Å². The molecule has 1 aromatic rings. The van der Waals surface area contributed by atoms with Crippen LogP contribution in [0.25, 0.3) is 0 Å². The minimum Gasteiger partial charge on any atom is -0.354 e. The molecule has 3 heterocycles. The van der Waals surface area contributed by atoms with Gasteiger partial charge in [0.15, 0.2) is 5.96 Å². The summed E-state index contributed by atoms with van der Waals surface area (Å²) in [7, 11) is 6.15. The van der Waals surface area contributed by atoms with E-state index in [1.54, 1.807) is 0 Å². The van der Waals surface area contributed by atoms with E-state index in [1.165, 1.54) is 43.4 Å². The van der Waals surface area contributed by atoms with E-state index in [0.29, 0.717) is 6.04 Å². The minimum atomic E-state index is 0. The summed E-state index contributed by atoms with van der Waals surface area (Å²) in [5.41, 5.74) is 3.57. The van der Waals surface area contributed by atoms with Gasteiger partial charge in [-0.25, -0.2) is 0 Å². The first-order valence-electron chi connectivity index (χ1n) is 9.17. The van der Waals surface area contributed by atoms with E-state index in [1.807, 2.05) is 18.8 Å². The summed E-state index contributed by atoms with van der Waals surface area (Å²) in [5.74, 6) is 0.908. The lowest BCUT2D eigenvalue weighted by Crippen LogP contribution is -2.56. The Balaban J connectivity index is 0.00000225. The zero-order valence-electron chi connectivity index (χ0n) is 16.2. The van der Waals surface area contributed by atoms with Gasteiger partial charge in [-0.2, -0.15) is 5.10 Å². The normalized spacial score (nSPS) is 26.9. The number of guanidine groups is 1. The predicted molar refractivity (Wildman–Crippen MR) is 114 cm³/mol. The summed E-state index contributed by atoms with van der Waals surface area (Å²) in [4.78, 5) is 7.03. The molecule has 0 aliphatic carbocycles. The van der Waals surface area contributed by atoms with Gasteiger partial charge in [0.05, 0.1) is 5.69 Å². The number of halogens is 1. The Bertz CT molecular complexity index is 597. The monoisotopic (exact) mass is 460 g/mol. The molecule has 7 heteroatoms. The lowest BCUT2D eigenvalue weighted by atomic mass is 9.82. The van der Waals surface area contributed by atoms with Crippen LogP contribution < -0.4 is 10.6 Å². The molecule has 2 atom stereocenters. The average molecular weight is 460 g/mol. The van der Waals surface area contributed by atoms with E-state index in [9.17, 15) is 0 Å².